The van der Waals surface area contributed by atoms with Crippen LogP contribution in [0.1, 0.15) is 12.1 Å². The van der Waals surface area contributed by atoms with Crippen molar-refractivity contribution in [3.8, 4) is 12.3 Å². The molecule has 1 aromatic heterocycles. The molecule has 18 heavy (non-hydrogen) atoms. The molecule has 0 radical (unpaired) electrons. The van der Waals surface area contributed by atoms with Gasteiger partial charge < -0.3 is 0 Å². The van der Waals surface area contributed by atoms with Crippen molar-refractivity contribution in [3.63, 3.8) is 0 Å². The topological polar surface area (TPSA) is 76.3 Å². The van der Waals surface area contributed by atoms with E-state index in [0.29, 0.717) is 18.8 Å². The standard InChI is InChI=1S/C12H11N3O3/c1-3-9-6-12(16)14(7-9)11-5-4-10(15(17)18)8(2)13-11/h1,4-5,9H,6-7H2,2H3. The summed E-state index contributed by atoms with van der Waals surface area (Å²) in [5.41, 5.74) is 0.230. The van der Waals surface area contributed by atoms with Crippen LogP contribution < -0.4 is 4.90 Å². The number of anilines is 1. The maximum absolute atomic E-state index is 11.7. The average Bonchev–Trinajstić information content (AvgIpc) is 2.70. The van der Waals surface area contributed by atoms with Crippen molar-refractivity contribution in [2.24, 2.45) is 5.92 Å². The van der Waals surface area contributed by atoms with Gasteiger partial charge in [0.1, 0.15) is 11.5 Å². The van der Waals surface area contributed by atoms with Gasteiger partial charge in [-0.25, -0.2) is 4.98 Å². The number of rotatable bonds is 2. The lowest BCUT2D eigenvalue weighted by molar-refractivity contribution is -0.385. The van der Waals surface area contributed by atoms with Gasteiger partial charge in [0.2, 0.25) is 5.91 Å². The molecule has 0 saturated carbocycles. The number of aromatic nitrogens is 1. The SMILES string of the molecule is C#CC1CC(=O)N(c2ccc([N+](=O)[O-])c(C)n2)C1. The number of aryl methyl sites for hydroxylation is 1. The number of hydrogen-bond acceptors (Lipinski definition) is 4. The summed E-state index contributed by atoms with van der Waals surface area (Å²) in [6.07, 6.45) is 5.59. The van der Waals surface area contributed by atoms with E-state index in [1.807, 2.05) is 0 Å². The zero-order valence-electron chi connectivity index (χ0n) is 9.79. The summed E-state index contributed by atoms with van der Waals surface area (Å²) >= 11 is 0. The second-order valence-corrected chi connectivity index (χ2v) is 4.10. The van der Waals surface area contributed by atoms with Gasteiger partial charge in [-0.05, 0) is 13.0 Å². The number of nitro groups is 1. The molecule has 0 bridgehead atoms. The Morgan fingerprint density at radius 2 is 2.33 bits per heavy atom. The van der Waals surface area contributed by atoms with Gasteiger partial charge in [-0.1, -0.05) is 0 Å². The van der Waals surface area contributed by atoms with Gasteiger partial charge in [0.25, 0.3) is 5.69 Å². The molecule has 92 valence electrons. The van der Waals surface area contributed by atoms with Crippen LogP contribution in [-0.4, -0.2) is 22.4 Å². The number of carbonyl (C=O) groups is 1. The molecular formula is C12H11N3O3. The van der Waals surface area contributed by atoms with Crippen LogP contribution in [0.4, 0.5) is 11.5 Å². The Morgan fingerprint density at radius 1 is 1.61 bits per heavy atom. The smallest absolute Gasteiger partial charge is 0.290 e. The molecule has 1 saturated heterocycles. The van der Waals surface area contributed by atoms with Crippen LogP contribution in [0.2, 0.25) is 0 Å². The third kappa shape index (κ3) is 2.02. The molecule has 0 aliphatic carbocycles. The summed E-state index contributed by atoms with van der Waals surface area (Å²) in [4.78, 5) is 27.5. The van der Waals surface area contributed by atoms with Crippen LogP contribution in [-0.2, 0) is 4.79 Å². The first-order chi connectivity index (χ1) is 8.52. The molecule has 1 amide bonds. The minimum atomic E-state index is -0.498. The summed E-state index contributed by atoms with van der Waals surface area (Å²) in [6.45, 7) is 1.96. The highest BCUT2D eigenvalue weighted by Crippen LogP contribution is 2.26. The highest BCUT2D eigenvalue weighted by atomic mass is 16.6. The fourth-order valence-corrected chi connectivity index (χ4v) is 1.92. The van der Waals surface area contributed by atoms with Gasteiger partial charge in [-0.15, -0.1) is 12.3 Å². The highest BCUT2D eigenvalue weighted by Gasteiger charge is 2.30. The first-order valence-electron chi connectivity index (χ1n) is 5.41. The Bertz CT molecular complexity index is 562. The maximum atomic E-state index is 11.7. The fraction of sp³-hybridized carbons (Fsp3) is 0.333. The van der Waals surface area contributed by atoms with E-state index in [0.717, 1.165) is 0 Å². The van der Waals surface area contributed by atoms with Crippen molar-refractivity contribution < 1.29 is 9.72 Å². The van der Waals surface area contributed by atoms with E-state index in [4.69, 9.17) is 6.42 Å². The maximum Gasteiger partial charge on any atom is 0.290 e. The summed E-state index contributed by atoms with van der Waals surface area (Å²) in [6, 6.07) is 2.83. The monoisotopic (exact) mass is 245 g/mol. The third-order valence-electron chi connectivity index (χ3n) is 2.88. The van der Waals surface area contributed by atoms with E-state index < -0.39 is 4.92 Å². The molecule has 1 fully saturated rings. The van der Waals surface area contributed by atoms with E-state index in [9.17, 15) is 14.9 Å². The second kappa shape index (κ2) is 4.45. The third-order valence-corrected chi connectivity index (χ3v) is 2.88. The van der Waals surface area contributed by atoms with Crippen molar-refractivity contribution in [2.75, 3.05) is 11.4 Å². The summed E-state index contributed by atoms with van der Waals surface area (Å²) in [5.74, 6) is 2.74. The number of pyridine rings is 1. The van der Waals surface area contributed by atoms with Crippen LogP contribution in [0.15, 0.2) is 12.1 Å². The van der Waals surface area contributed by atoms with Gasteiger partial charge in [0, 0.05) is 24.9 Å². The molecule has 0 aromatic carbocycles. The van der Waals surface area contributed by atoms with E-state index in [1.165, 1.54) is 17.0 Å². The van der Waals surface area contributed by atoms with Crippen molar-refractivity contribution in [2.45, 2.75) is 13.3 Å². The van der Waals surface area contributed by atoms with Crippen molar-refractivity contribution in [1.29, 1.82) is 0 Å². The Kier molecular flexibility index (Phi) is 2.98. The number of terminal acetylenes is 1. The lowest BCUT2D eigenvalue weighted by Crippen LogP contribution is -2.25. The zero-order valence-corrected chi connectivity index (χ0v) is 9.79. The average molecular weight is 245 g/mol. The molecule has 1 atom stereocenters. The first-order valence-corrected chi connectivity index (χ1v) is 5.41. The first kappa shape index (κ1) is 12.0. The molecule has 1 unspecified atom stereocenters. The minimum absolute atomic E-state index is 0.0566. The normalized spacial score (nSPS) is 18.8. The van der Waals surface area contributed by atoms with Gasteiger partial charge in [0.05, 0.1) is 4.92 Å². The van der Waals surface area contributed by atoms with Gasteiger partial charge in [-0.3, -0.25) is 19.8 Å². The van der Waals surface area contributed by atoms with Crippen molar-refractivity contribution in [1.82, 2.24) is 4.98 Å². The highest BCUT2D eigenvalue weighted by molar-refractivity contribution is 5.95. The minimum Gasteiger partial charge on any atom is -0.296 e. The van der Waals surface area contributed by atoms with Crippen LogP contribution in [0.3, 0.4) is 0 Å². The zero-order chi connectivity index (χ0) is 13.3. The molecule has 2 heterocycles. The quantitative estimate of drug-likeness (QED) is 0.447. The Balaban J connectivity index is 2.31. The predicted molar refractivity (Wildman–Crippen MR) is 64.9 cm³/mol. The molecule has 1 aliphatic heterocycles. The van der Waals surface area contributed by atoms with Crippen LogP contribution in [0, 0.1) is 35.3 Å². The number of carbonyl (C=O) groups excluding carboxylic acids is 1. The molecular weight excluding hydrogens is 234 g/mol. The summed E-state index contributed by atoms with van der Waals surface area (Å²) in [5, 5.41) is 10.7. The number of nitrogens with zero attached hydrogens (tertiary/aromatic N) is 3. The van der Waals surface area contributed by atoms with Gasteiger partial charge >= 0.3 is 0 Å². The Hall–Kier alpha value is -2.42. The Labute approximate surface area is 104 Å². The number of amides is 1. The van der Waals surface area contributed by atoms with E-state index in [1.54, 1.807) is 6.92 Å². The van der Waals surface area contributed by atoms with E-state index in [-0.39, 0.29) is 23.2 Å². The molecule has 0 N–H and O–H groups in total. The van der Waals surface area contributed by atoms with E-state index in [2.05, 4.69) is 10.9 Å². The summed E-state index contributed by atoms with van der Waals surface area (Å²) < 4.78 is 0. The lowest BCUT2D eigenvalue weighted by Gasteiger charge is -2.14. The molecule has 2 rings (SSSR count). The van der Waals surface area contributed by atoms with Crippen molar-refractivity contribution in [3.05, 3.63) is 27.9 Å². The van der Waals surface area contributed by atoms with Crippen LogP contribution >= 0.6 is 0 Å². The molecule has 0 spiro atoms. The Morgan fingerprint density at radius 3 is 2.83 bits per heavy atom. The predicted octanol–water partition coefficient (Wildman–Crippen LogP) is 1.28. The molecule has 1 aliphatic rings. The number of hydrogen-bond donors (Lipinski definition) is 0. The molecule has 1 aromatic rings. The van der Waals surface area contributed by atoms with Gasteiger partial charge in [0.15, 0.2) is 0 Å². The van der Waals surface area contributed by atoms with Crippen LogP contribution in [0.5, 0.6) is 0 Å². The lowest BCUT2D eigenvalue weighted by atomic mass is 10.1. The van der Waals surface area contributed by atoms with Gasteiger partial charge in [-0.2, -0.15) is 0 Å². The molecule has 6 heteroatoms. The summed E-state index contributed by atoms with van der Waals surface area (Å²) in [7, 11) is 0. The van der Waals surface area contributed by atoms with Crippen molar-refractivity contribution >= 4 is 17.4 Å². The molecule has 6 nitrogen and oxygen atoms in total. The largest absolute Gasteiger partial charge is 0.296 e. The van der Waals surface area contributed by atoms with Crippen LogP contribution in [0.25, 0.3) is 0 Å². The second-order valence-electron chi connectivity index (χ2n) is 4.10. The fourth-order valence-electron chi connectivity index (χ4n) is 1.92. The van der Waals surface area contributed by atoms with E-state index >= 15 is 0 Å².